The number of fused-ring (bicyclic) bond motifs is 4. The van der Waals surface area contributed by atoms with E-state index in [0.717, 1.165) is 32.6 Å². The van der Waals surface area contributed by atoms with E-state index in [1.807, 2.05) is 25.1 Å². The molecular formula is C18H12N4O4. The molecule has 4 amide bonds. The third-order valence-electron chi connectivity index (χ3n) is 4.90. The van der Waals surface area contributed by atoms with Gasteiger partial charge in [-0.3, -0.25) is 20.2 Å². The normalized spacial score (nSPS) is 19.6. The van der Waals surface area contributed by atoms with E-state index in [1.165, 1.54) is 0 Å². The standard InChI is InChI=1S/C18H12N4O4/c1-8-11-7-12-9(6-13(11)22-21-8)2-3-14-10(12)4-5-18(26-14)15(23)19-17(25)20-16(18)24/h2-4,6-7H,5H2,1H3,(H2,19,20,23,24,25). The lowest BCUT2D eigenvalue weighted by Gasteiger charge is -2.35. The average molecular weight is 348 g/mol. The van der Waals surface area contributed by atoms with E-state index in [0.29, 0.717) is 5.75 Å². The molecule has 2 aromatic carbocycles. The largest absolute Gasteiger partial charge is 0.466 e. The first-order chi connectivity index (χ1) is 12.5. The summed E-state index contributed by atoms with van der Waals surface area (Å²) in [7, 11) is 0. The molecule has 2 N–H and O–H groups in total. The van der Waals surface area contributed by atoms with E-state index in [2.05, 4.69) is 20.9 Å². The number of azo groups is 1. The van der Waals surface area contributed by atoms with Crippen LogP contribution in [0.5, 0.6) is 5.75 Å². The fourth-order valence-electron chi connectivity index (χ4n) is 3.51. The van der Waals surface area contributed by atoms with Gasteiger partial charge >= 0.3 is 6.03 Å². The summed E-state index contributed by atoms with van der Waals surface area (Å²) in [5.74, 6) is -1.11. The van der Waals surface area contributed by atoms with Crippen molar-refractivity contribution in [1.29, 1.82) is 0 Å². The molecule has 128 valence electrons. The van der Waals surface area contributed by atoms with E-state index in [-0.39, 0.29) is 6.42 Å². The van der Waals surface area contributed by atoms with Crippen molar-refractivity contribution in [3.05, 3.63) is 34.7 Å². The van der Waals surface area contributed by atoms with Crippen LogP contribution in [0.4, 0.5) is 10.5 Å². The number of benzene rings is 2. The maximum Gasteiger partial charge on any atom is 0.328 e. The monoisotopic (exact) mass is 348 g/mol. The molecule has 0 aliphatic carbocycles. The van der Waals surface area contributed by atoms with Crippen LogP contribution in [0.15, 0.2) is 34.5 Å². The lowest BCUT2D eigenvalue weighted by Crippen LogP contribution is -2.69. The molecule has 26 heavy (non-hydrogen) atoms. The molecule has 8 nitrogen and oxygen atoms in total. The van der Waals surface area contributed by atoms with Gasteiger partial charge in [-0.15, -0.1) is 0 Å². The maximum absolute atomic E-state index is 12.3. The van der Waals surface area contributed by atoms with Gasteiger partial charge in [0, 0.05) is 16.9 Å². The molecule has 0 saturated carbocycles. The molecule has 3 aliphatic heterocycles. The summed E-state index contributed by atoms with van der Waals surface area (Å²) < 4.78 is 5.83. The van der Waals surface area contributed by atoms with Crippen LogP contribution in [-0.4, -0.2) is 23.4 Å². The van der Waals surface area contributed by atoms with Crippen LogP contribution >= 0.6 is 0 Å². The molecule has 5 rings (SSSR count). The molecule has 3 heterocycles. The number of carbonyl (C=O) groups excluding carboxylic acids is 3. The van der Waals surface area contributed by atoms with Gasteiger partial charge in [-0.25, -0.2) is 4.79 Å². The van der Waals surface area contributed by atoms with Gasteiger partial charge in [-0.1, -0.05) is 12.1 Å². The van der Waals surface area contributed by atoms with Crippen LogP contribution in [-0.2, 0) is 9.59 Å². The molecule has 0 bridgehead atoms. The van der Waals surface area contributed by atoms with E-state index >= 15 is 0 Å². The summed E-state index contributed by atoms with van der Waals surface area (Å²) in [5, 5.41) is 16.1. The Morgan fingerprint density at radius 1 is 1.08 bits per heavy atom. The molecule has 3 aliphatic rings. The number of rotatable bonds is 0. The average Bonchev–Trinajstić information content (AvgIpc) is 2.98. The maximum atomic E-state index is 12.3. The van der Waals surface area contributed by atoms with Gasteiger partial charge in [0.25, 0.3) is 17.4 Å². The van der Waals surface area contributed by atoms with Crippen molar-refractivity contribution in [3.63, 3.8) is 0 Å². The van der Waals surface area contributed by atoms with Gasteiger partial charge in [0.15, 0.2) is 0 Å². The minimum absolute atomic E-state index is 0.0264. The van der Waals surface area contributed by atoms with Crippen LogP contribution in [0.2, 0.25) is 0 Å². The Labute approximate surface area is 146 Å². The molecular weight excluding hydrogens is 336 g/mol. The number of carbonyl (C=O) groups is 3. The van der Waals surface area contributed by atoms with Crippen molar-refractivity contribution in [2.24, 2.45) is 10.2 Å². The third kappa shape index (κ3) is 1.81. The predicted molar refractivity (Wildman–Crippen MR) is 90.9 cm³/mol. The summed E-state index contributed by atoms with van der Waals surface area (Å²) in [6.07, 6.45) is 1.82. The number of hydrogen-bond donors (Lipinski definition) is 2. The number of urea groups is 1. The van der Waals surface area contributed by atoms with Gasteiger partial charge in [-0.2, -0.15) is 10.2 Å². The fourth-order valence-corrected chi connectivity index (χ4v) is 3.51. The van der Waals surface area contributed by atoms with Gasteiger partial charge in [0.05, 0.1) is 11.4 Å². The van der Waals surface area contributed by atoms with E-state index in [1.54, 1.807) is 12.1 Å². The number of amides is 4. The van der Waals surface area contributed by atoms with Crippen molar-refractivity contribution in [3.8, 4) is 5.75 Å². The molecule has 0 atom stereocenters. The van der Waals surface area contributed by atoms with Gasteiger partial charge in [-0.05, 0) is 35.9 Å². The van der Waals surface area contributed by atoms with Crippen LogP contribution in [0, 0.1) is 0 Å². The van der Waals surface area contributed by atoms with E-state index in [9.17, 15) is 14.4 Å². The molecule has 0 radical (unpaired) electrons. The molecule has 8 heteroatoms. The first kappa shape index (κ1) is 14.8. The highest BCUT2D eigenvalue weighted by atomic mass is 16.5. The lowest BCUT2D eigenvalue weighted by atomic mass is 9.91. The summed E-state index contributed by atoms with van der Waals surface area (Å²) in [6, 6.07) is 6.64. The van der Waals surface area contributed by atoms with Crippen molar-refractivity contribution >= 4 is 46.1 Å². The quantitative estimate of drug-likeness (QED) is 0.684. The van der Waals surface area contributed by atoms with Crippen LogP contribution < -0.4 is 25.8 Å². The van der Waals surface area contributed by atoms with Crippen LogP contribution in [0.1, 0.15) is 13.3 Å². The second kappa shape index (κ2) is 4.75. The molecule has 1 saturated heterocycles. The summed E-state index contributed by atoms with van der Waals surface area (Å²) >= 11 is 0. The summed E-state index contributed by atoms with van der Waals surface area (Å²) in [6.45, 7) is 1.89. The molecule has 0 unspecified atom stereocenters. The smallest absolute Gasteiger partial charge is 0.328 e. The van der Waals surface area contributed by atoms with Crippen molar-refractivity contribution in [2.75, 3.05) is 0 Å². The number of nitrogens with one attached hydrogen (secondary N) is 2. The lowest BCUT2D eigenvalue weighted by molar-refractivity contribution is -0.151. The second-order valence-corrected chi connectivity index (χ2v) is 6.43. The molecule has 0 aromatic heterocycles. The predicted octanol–water partition coefficient (Wildman–Crippen LogP) is 0.733. The number of hydrogen-bond acceptors (Lipinski definition) is 6. The van der Waals surface area contributed by atoms with E-state index in [4.69, 9.17) is 4.74 Å². The summed E-state index contributed by atoms with van der Waals surface area (Å²) in [4.78, 5) is 35.9. The third-order valence-corrected chi connectivity index (χ3v) is 4.90. The zero-order valence-electron chi connectivity index (χ0n) is 13.6. The SMILES string of the molecule is CC1=c2cc3c4c(ccc3cc2N=N1)OC1(CC=4)C(=O)NC(=O)NC1=O. The highest BCUT2D eigenvalue weighted by Crippen LogP contribution is 2.29. The first-order valence-electron chi connectivity index (χ1n) is 8.03. The number of barbiturate groups is 1. The highest BCUT2D eigenvalue weighted by molar-refractivity contribution is 6.22. The Balaban J connectivity index is 1.71. The number of nitrogens with zero attached hydrogens (tertiary/aromatic N) is 2. The number of ether oxygens (including phenoxy) is 1. The van der Waals surface area contributed by atoms with Crippen molar-refractivity contribution in [1.82, 2.24) is 10.6 Å². The minimum atomic E-state index is -1.77. The van der Waals surface area contributed by atoms with Crippen LogP contribution in [0.3, 0.4) is 0 Å². The van der Waals surface area contributed by atoms with Crippen LogP contribution in [0.25, 0.3) is 22.5 Å². The van der Waals surface area contributed by atoms with Crippen molar-refractivity contribution < 1.29 is 19.1 Å². The Kier molecular flexibility index (Phi) is 2.70. The van der Waals surface area contributed by atoms with Gasteiger partial charge < -0.3 is 4.74 Å². The molecule has 1 spiro atoms. The Bertz CT molecular complexity index is 1190. The molecule has 2 aromatic rings. The fraction of sp³-hybridized carbons (Fsp3) is 0.167. The highest BCUT2D eigenvalue weighted by Gasteiger charge is 2.53. The minimum Gasteiger partial charge on any atom is -0.466 e. The second-order valence-electron chi connectivity index (χ2n) is 6.43. The Morgan fingerprint density at radius 3 is 2.62 bits per heavy atom. The Hall–Kier alpha value is -3.55. The van der Waals surface area contributed by atoms with Gasteiger partial charge in [0.1, 0.15) is 5.75 Å². The van der Waals surface area contributed by atoms with Gasteiger partial charge in [0.2, 0.25) is 0 Å². The number of imide groups is 2. The first-order valence-corrected chi connectivity index (χ1v) is 8.03. The topological polar surface area (TPSA) is 109 Å². The Morgan fingerprint density at radius 2 is 1.85 bits per heavy atom. The summed E-state index contributed by atoms with van der Waals surface area (Å²) in [5.41, 5.74) is -0.122. The zero-order valence-corrected chi connectivity index (χ0v) is 13.6. The van der Waals surface area contributed by atoms with E-state index < -0.39 is 23.4 Å². The zero-order chi connectivity index (χ0) is 18.1. The molecule has 1 fully saturated rings. The van der Waals surface area contributed by atoms with Crippen molar-refractivity contribution in [2.45, 2.75) is 18.9 Å².